The molecule has 6 aliphatic rings. The van der Waals surface area contributed by atoms with E-state index in [1.807, 2.05) is 6.21 Å². The van der Waals surface area contributed by atoms with Crippen molar-refractivity contribution in [3.8, 4) is 0 Å². The topological polar surface area (TPSA) is 64.7 Å². The Morgan fingerprint density at radius 1 is 1.06 bits per heavy atom. The smallest absolute Gasteiger partial charge is 0.251 e. The predicted octanol–water partition coefficient (Wildman–Crippen LogP) is 4.65. The average molecular weight is 421 g/mol. The van der Waals surface area contributed by atoms with Gasteiger partial charge in [0.05, 0.1) is 17.6 Å². The van der Waals surface area contributed by atoms with E-state index >= 15 is 0 Å². The molecule has 5 unspecified atom stereocenters. The molecule has 1 aromatic rings. The molecule has 0 spiro atoms. The lowest BCUT2D eigenvalue weighted by molar-refractivity contribution is -0.130. The predicted molar refractivity (Wildman–Crippen MR) is 122 cm³/mol. The molecule has 0 aromatic heterocycles. The van der Waals surface area contributed by atoms with E-state index in [4.69, 9.17) is 10.5 Å². The lowest BCUT2D eigenvalue weighted by Gasteiger charge is -2.42. The Balaban J connectivity index is 1.25. The molecule has 2 N–H and O–H groups in total. The molecule has 7 rings (SSSR count). The number of carbonyl (C=O) groups excluding carboxylic acids is 1. The molecule has 6 saturated carbocycles. The summed E-state index contributed by atoms with van der Waals surface area (Å²) in [7, 11) is 0. The van der Waals surface area contributed by atoms with E-state index in [9.17, 15) is 4.79 Å². The molecule has 0 aliphatic heterocycles. The van der Waals surface area contributed by atoms with Gasteiger partial charge in [0, 0.05) is 12.1 Å². The van der Waals surface area contributed by atoms with Crippen LogP contribution >= 0.6 is 0 Å². The maximum atomic E-state index is 13.7. The Hall–Kier alpha value is -1.52. The molecule has 0 saturated heterocycles. The minimum absolute atomic E-state index is 0.141. The van der Waals surface area contributed by atoms with Crippen LogP contribution in [0.5, 0.6) is 0 Å². The Kier molecular flexibility index (Phi) is 4.88. The minimum Gasteiger partial charge on any atom is -0.374 e. The van der Waals surface area contributed by atoms with Crippen molar-refractivity contribution in [3.05, 3.63) is 35.9 Å². The molecule has 1 amide bonds. The van der Waals surface area contributed by atoms with Gasteiger partial charge < -0.3 is 10.5 Å². The fourth-order valence-corrected chi connectivity index (χ4v) is 7.79. The number of hydrogen-bond donors (Lipinski definition) is 1. The number of nitrogens with two attached hydrogens (primary N) is 1. The summed E-state index contributed by atoms with van der Waals surface area (Å²) in [6.07, 6.45) is 13.9. The summed E-state index contributed by atoms with van der Waals surface area (Å²) >= 11 is 0. The first-order valence-corrected chi connectivity index (χ1v) is 12.6. The lowest BCUT2D eigenvalue weighted by Crippen LogP contribution is -2.39. The Labute approximate surface area is 186 Å². The van der Waals surface area contributed by atoms with Crippen molar-refractivity contribution in [2.24, 2.45) is 39.8 Å². The van der Waals surface area contributed by atoms with E-state index in [0.29, 0.717) is 29.8 Å². The Morgan fingerprint density at radius 2 is 1.84 bits per heavy atom. The number of benzene rings is 1. The van der Waals surface area contributed by atoms with Crippen LogP contribution in [-0.2, 0) is 14.9 Å². The van der Waals surface area contributed by atoms with Crippen LogP contribution in [0, 0.1) is 29.1 Å². The number of nitrogens with zero attached hydrogens (tertiary/aromatic N) is 1. The summed E-state index contributed by atoms with van der Waals surface area (Å²) in [6.45, 7) is 0.791. The molecule has 6 fully saturated rings. The maximum Gasteiger partial charge on any atom is 0.251 e. The number of rotatable bonds is 6. The highest BCUT2D eigenvalue weighted by Crippen LogP contribution is 2.72. The van der Waals surface area contributed by atoms with Crippen molar-refractivity contribution in [1.29, 1.82) is 0 Å². The Morgan fingerprint density at radius 3 is 2.55 bits per heavy atom. The monoisotopic (exact) mass is 420 g/mol. The summed E-state index contributed by atoms with van der Waals surface area (Å²) < 4.78 is 6.55. The molecule has 1 aromatic carbocycles. The zero-order valence-corrected chi connectivity index (χ0v) is 18.5. The van der Waals surface area contributed by atoms with Gasteiger partial charge in [-0.2, -0.15) is 0 Å². The first-order valence-electron chi connectivity index (χ1n) is 12.6. The number of amides is 1. The third kappa shape index (κ3) is 3.33. The fourth-order valence-electron chi connectivity index (χ4n) is 7.79. The molecule has 31 heavy (non-hydrogen) atoms. The van der Waals surface area contributed by atoms with Gasteiger partial charge in [0.1, 0.15) is 0 Å². The number of carbonyl (C=O) groups is 1. The molecule has 0 radical (unpaired) electrons. The van der Waals surface area contributed by atoms with E-state index < -0.39 is 0 Å². The SMILES string of the molecule is NCC1CCC(C=NC(=O)C23CC4CC(c5ccccc5)(CC2C4OC2CC2)C3)CC1. The maximum absolute atomic E-state index is 13.7. The second-order valence-electron chi connectivity index (χ2n) is 11.4. The molecule has 5 atom stereocenters. The molecule has 4 nitrogen and oxygen atoms in total. The molecular formula is C27H36N2O2. The van der Waals surface area contributed by atoms with Crippen molar-refractivity contribution < 1.29 is 9.53 Å². The fraction of sp³-hybridized carbons (Fsp3) is 0.704. The zero-order valence-electron chi connectivity index (χ0n) is 18.5. The van der Waals surface area contributed by atoms with Gasteiger partial charge in [0.15, 0.2) is 0 Å². The van der Waals surface area contributed by atoms with E-state index in [1.165, 1.54) is 37.7 Å². The highest BCUT2D eigenvalue weighted by Gasteiger charge is 2.71. The minimum atomic E-state index is -0.302. The van der Waals surface area contributed by atoms with E-state index in [1.54, 1.807) is 0 Å². The standard InChI is InChI=1S/C27H36N2O2/c28-15-18-6-8-19(9-7-18)16-29-25(30)27-13-20-12-26(17-27,21-4-2-1-3-5-21)14-23(27)24(20)31-22-10-11-22/h1-5,16,18-20,22-24H,6-15,17,28H2. The molecule has 4 heteroatoms. The highest BCUT2D eigenvalue weighted by atomic mass is 16.5. The van der Waals surface area contributed by atoms with Crippen molar-refractivity contribution >= 4 is 12.1 Å². The normalized spacial score (nSPS) is 43.7. The van der Waals surface area contributed by atoms with Gasteiger partial charge in [0.25, 0.3) is 5.91 Å². The van der Waals surface area contributed by atoms with Crippen molar-refractivity contribution in [1.82, 2.24) is 0 Å². The molecular weight excluding hydrogens is 384 g/mol. The first kappa shape index (κ1) is 20.1. The highest BCUT2D eigenvalue weighted by molar-refractivity contribution is 5.91. The van der Waals surface area contributed by atoms with Gasteiger partial charge in [-0.05, 0) is 99.5 Å². The van der Waals surface area contributed by atoms with Crippen molar-refractivity contribution in [2.45, 2.75) is 81.8 Å². The average Bonchev–Trinajstić information content (AvgIpc) is 3.56. The van der Waals surface area contributed by atoms with Gasteiger partial charge in [0.2, 0.25) is 0 Å². The van der Waals surface area contributed by atoms with E-state index in [2.05, 4.69) is 35.3 Å². The van der Waals surface area contributed by atoms with Crippen LogP contribution in [0.25, 0.3) is 0 Å². The van der Waals surface area contributed by atoms with Gasteiger partial charge in [-0.3, -0.25) is 4.79 Å². The van der Waals surface area contributed by atoms with Crippen LogP contribution < -0.4 is 5.73 Å². The summed E-state index contributed by atoms with van der Waals surface area (Å²) in [4.78, 5) is 18.4. The summed E-state index contributed by atoms with van der Waals surface area (Å²) in [5, 5.41) is 0. The zero-order chi connectivity index (χ0) is 21.1. The van der Waals surface area contributed by atoms with Crippen LogP contribution in [-0.4, -0.2) is 30.9 Å². The van der Waals surface area contributed by atoms with Gasteiger partial charge in [-0.25, -0.2) is 4.99 Å². The lowest BCUT2D eigenvalue weighted by atomic mass is 9.63. The van der Waals surface area contributed by atoms with Crippen molar-refractivity contribution in [3.63, 3.8) is 0 Å². The molecule has 6 aliphatic carbocycles. The van der Waals surface area contributed by atoms with Crippen LogP contribution in [0.3, 0.4) is 0 Å². The quantitative estimate of drug-likeness (QED) is 0.681. The molecule has 4 bridgehead atoms. The summed E-state index contributed by atoms with van der Waals surface area (Å²) in [6, 6.07) is 11.0. The first-order chi connectivity index (χ1) is 15.1. The van der Waals surface area contributed by atoms with Gasteiger partial charge >= 0.3 is 0 Å². The number of aliphatic imine (C=N–C) groups is 1. The number of ether oxygens (including phenoxy) is 1. The molecule has 0 heterocycles. The second kappa shape index (κ2) is 7.52. The van der Waals surface area contributed by atoms with Crippen molar-refractivity contribution in [2.75, 3.05) is 6.54 Å². The third-order valence-electron chi connectivity index (χ3n) is 9.43. The number of hydrogen-bond acceptors (Lipinski definition) is 3. The van der Waals surface area contributed by atoms with Crippen LogP contribution in [0.1, 0.15) is 69.8 Å². The van der Waals surface area contributed by atoms with Crippen LogP contribution in [0.2, 0.25) is 0 Å². The molecule has 166 valence electrons. The largest absolute Gasteiger partial charge is 0.374 e. The van der Waals surface area contributed by atoms with Gasteiger partial charge in [-0.15, -0.1) is 0 Å². The van der Waals surface area contributed by atoms with E-state index in [0.717, 1.165) is 38.6 Å². The summed E-state index contributed by atoms with van der Waals surface area (Å²) in [5.41, 5.74) is 7.10. The van der Waals surface area contributed by atoms with Crippen LogP contribution in [0.15, 0.2) is 35.3 Å². The summed E-state index contributed by atoms with van der Waals surface area (Å²) in [5.74, 6) is 2.10. The van der Waals surface area contributed by atoms with Gasteiger partial charge in [-0.1, -0.05) is 30.3 Å². The van der Waals surface area contributed by atoms with Crippen LogP contribution in [0.4, 0.5) is 0 Å². The second-order valence-corrected chi connectivity index (χ2v) is 11.4. The third-order valence-corrected chi connectivity index (χ3v) is 9.43. The Bertz CT molecular complexity index is 857. The van der Waals surface area contributed by atoms with E-state index in [-0.39, 0.29) is 22.8 Å².